The van der Waals surface area contributed by atoms with Crippen LogP contribution < -0.4 is 20.9 Å². The van der Waals surface area contributed by atoms with E-state index in [9.17, 15) is 27.6 Å². The summed E-state index contributed by atoms with van der Waals surface area (Å²) < 4.78 is 36.1. The highest BCUT2D eigenvalue weighted by molar-refractivity contribution is 5.95. The van der Waals surface area contributed by atoms with Crippen molar-refractivity contribution in [2.45, 2.75) is 26.4 Å². The molecular weight excluding hydrogens is 365 g/mol. The van der Waals surface area contributed by atoms with Gasteiger partial charge < -0.3 is 15.5 Å². The molecule has 0 aliphatic carbocycles. The van der Waals surface area contributed by atoms with Crippen molar-refractivity contribution < 1.29 is 32.5 Å². The number of hydrogen-bond acceptors (Lipinski definition) is 3. The van der Waals surface area contributed by atoms with E-state index in [1.54, 1.807) is 17.4 Å². The molecule has 10 heteroatoms. The van der Waals surface area contributed by atoms with Crippen LogP contribution in [-0.4, -0.2) is 50.2 Å². The van der Waals surface area contributed by atoms with Crippen molar-refractivity contribution >= 4 is 23.5 Å². The Kier molecular flexibility index (Phi) is 8.73. The third kappa shape index (κ3) is 9.59. The van der Waals surface area contributed by atoms with Crippen molar-refractivity contribution in [3.8, 4) is 0 Å². The zero-order chi connectivity index (χ0) is 20.4. The van der Waals surface area contributed by atoms with Gasteiger partial charge in [-0.3, -0.25) is 14.9 Å². The summed E-state index contributed by atoms with van der Waals surface area (Å²) in [5, 5.41) is 6.14. The number of para-hydroxylation sites is 1. The summed E-state index contributed by atoms with van der Waals surface area (Å²) in [7, 11) is 0. The van der Waals surface area contributed by atoms with Gasteiger partial charge >= 0.3 is 12.2 Å². The highest BCUT2D eigenvalue weighted by Gasteiger charge is 2.28. The molecule has 4 N–H and O–H groups in total. The van der Waals surface area contributed by atoms with E-state index in [1.807, 2.05) is 31.3 Å². The Hall–Kier alpha value is -2.62. The number of carbonyl (C=O) groups is 3. The van der Waals surface area contributed by atoms with Gasteiger partial charge in [0.25, 0.3) is 11.8 Å². The second-order valence-corrected chi connectivity index (χ2v) is 6.06. The van der Waals surface area contributed by atoms with E-state index in [0.717, 1.165) is 5.56 Å². The zero-order valence-corrected chi connectivity index (χ0v) is 15.2. The van der Waals surface area contributed by atoms with Crippen molar-refractivity contribution in [3.63, 3.8) is 0 Å². The van der Waals surface area contributed by atoms with Crippen molar-refractivity contribution in [1.29, 1.82) is 0 Å². The largest absolute Gasteiger partial charge is 0.405 e. The van der Waals surface area contributed by atoms with E-state index in [0.29, 0.717) is 23.6 Å². The molecule has 27 heavy (non-hydrogen) atoms. The number of urea groups is 1. The van der Waals surface area contributed by atoms with Crippen LogP contribution in [0.15, 0.2) is 24.3 Å². The topological polar surface area (TPSA) is 91.7 Å². The molecule has 1 aromatic carbocycles. The number of aryl methyl sites for hydroxylation is 1. The lowest BCUT2D eigenvalue weighted by Crippen LogP contribution is -3.14. The summed E-state index contributed by atoms with van der Waals surface area (Å²) in [5.41, 5.74) is 1.55. The smallest absolute Gasteiger partial charge is 0.329 e. The van der Waals surface area contributed by atoms with Gasteiger partial charge in [-0.1, -0.05) is 25.1 Å². The Balaban J connectivity index is 2.52. The van der Waals surface area contributed by atoms with E-state index in [-0.39, 0.29) is 19.0 Å². The number of halogens is 3. The van der Waals surface area contributed by atoms with Gasteiger partial charge in [0, 0.05) is 5.69 Å². The Morgan fingerprint density at radius 1 is 1.07 bits per heavy atom. The van der Waals surface area contributed by atoms with E-state index >= 15 is 0 Å². The number of quaternary nitrogens is 1. The minimum Gasteiger partial charge on any atom is -0.329 e. The zero-order valence-electron chi connectivity index (χ0n) is 15.2. The van der Waals surface area contributed by atoms with Crippen LogP contribution >= 0.6 is 0 Å². The van der Waals surface area contributed by atoms with Crippen LogP contribution in [0, 0.1) is 6.92 Å². The van der Waals surface area contributed by atoms with E-state index < -0.39 is 24.7 Å². The molecule has 1 rings (SSSR count). The van der Waals surface area contributed by atoms with E-state index in [1.165, 1.54) is 0 Å². The number of imide groups is 1. The average molecular weight is 389 g/mol. The molecule has 0 aliphatic heterocycles. The molecule has 0 saturated heterocycles. The molecule has 150 valence electrons. The molecular formula is C17H24F3N4O3+. The maximum absolute atomic E-state index is 12.2. The number of benzene rings is 1. The van der Waals surface area contributed by atoms with Crippen LogP contribution in [-0.2, 0) is 9.59 Å². The van der Waals surface area contributed by atoms with Crippen molar-refractivity contribution in [2.75, 3.05) is 31.5 Å². The van der Waals surface area contributed by atoms with Crippen molar-refractivity contribution in [1.82, 2.24) is 10.6 Å². The maximum Gasteiger partial charge on any atom is 0.405 e. The molecule has 1 unspecified atom stereocenters. The first-order chi connectivity index (χ1) is 12.6. The highest BCUT2D eigenvalue weighted by Crippen LogP contribution is 2.12. The summed E-state index contributed by atoms with van der Waals surface area (Å²) in [6.07, 6.45) is -3.88. The average Bonchev–Trinajstić information content (AvgIpc) is 2.54. The number of alkyl halides is 3. The molecule has 0 aliphatic rings. The SMILES string of the molecule is CCC[NH+](CC(=O)NC(=O)NCC(F)(F)F)CC(=O)Nc1ccccc1C. The minimum atomic E-state index is -4.56. The molecule has 0 aromatic heterocycles. The molecule has 1 atom stereocenters. The number of carbonyl (C=O) groups excluding carboxylic acids is 3. The Labute approximate surface area is 155 Å². The molecule has 4 amide bonds. The van der Waals surface area contributed by atoms with Gasteiger partial charge in [0.15, 0.2) is 13.1 Å². The first-order valence-corrected chi connectivity index (χ1v) is 8.44. The molecule has 0 heterocycles. The maximum atomic E-state index is 12.2. The van der Waals surface area contributed by atoms with Gasteiger partial charge in [-0.2, -0.15) is 13.2 Å². The molecule has 1 aromatic rings. The minimum absolute atomic E-state index is 0.0141. The molecule has 0 bridgehead atoms. The second kappa shape index (κ2) is 10.5. The van der Waals surface area contributed by atoms with Gasteiger partial charge in [0.2, 0.25) is 0 Å². The molecule has 0 radical (unpaired) electrons. The number of amides is 4. The summed E-state index contributed by atoms with van der Waals surface area (Å²) in [5.74, 6) is -1.07. The summed E-state index contributed by atoms with van der Waals surface area (Å²) >= 11 is 0. The van der Waals surface area contributed by atoms with Gasteiger partial charge in [0.05, 0.1) is 6.54 Å². The fraction of sp³-hybridized carbons (Fsp3) is 0.471. The summed E-state index contributed by atoms with van der Waals surface area (Å²) in [4.78, 5) is 35.9. The lowest BCUT2D eigenvalue weighted by Gasteiger charge is -2.18. The predicted octanol–water partition coefficient (Wildman–Crippen LogP) is 0.617. The van der Waals surface area contributed by atoms with Crippen LogP contribution in [0.2, 0.25) is 0 Å². The Morgan fingerprint density at radius 2 is 1.70 bits per heavy atom. The van der Waals surface area contributed by atoms with Gasteiger partial charge in [-0.15, -0.1) is 0 Å². The van der Waals surface area contributed by atoms with Crippen LogP contribution in [0.4, 0.5) is 23.7 Å². The van der Waals surface area contributed by atoms with Crippen LogP contribution in [0.1, 0.15) is 18.9 Å². The number of hydrogen-bond donors (Lipinski definition) is 4. The van der Waals surface area contributed by atoms with E-state index in [4.69, 9.17) is 0 Å². The Bertz CT molecular complexity index is 665. The second-order valence-electron chi connectivity index (χ2n) is 6.06. The van der Waals surface area contributed by atoms with Crippen molar-refractivity contribution in [3.05, 3.63) is 29.8 Å². The highest BCUT2D eigenvalue weighted by atomic mass is 19.4. The first kappa shape index (κ1) is 22.4. The molecule has 0 spiro atoms. The molecule has 0 fully saturated rings. The van der Waals surface area contributed by atoms with Crippen LogP contribution in [0.25, 0.3) is 0 Å². The number of nitrogens with one attached hydrogen (secondary N) is 4. The molecule has 0 saturated carbocycles. The quantitative estimate of drug-likeness (QED) is 0.525. The van der Waals surface area contributed by atoms with Crippen molar-refractivity contribution in [2.24, 2.45) is 0 Å². The number of rotatable bonds is 8. The monoisotopic (exact) mass is 389 g/mol. The van der Waals surface area contributed by atoms with Gasteiger partial charge in [-0.25, -0.2) is 4.79 Å². The lowest BCUT2D eigenvalue weighted by molar-refractivity contribution is -0.883. The fourth-order valence-corrected chi connectivity index (χ4v) is 2.35. The standard InChI is InChI=1S/C17H23F3N4O3/c1-3-8-24(9-14(25)22-13-7-5-4-6-12(13)2)10-15(26)23-16(27)21-11-17(18,19)20/h4-7H,3,8-11H2,1-2H3,(H,22,25)(H2,21,23,26,27)/p+1. The summed E-state index contributed by atoms with van der Waals surface area (Å²) in [6.45, 7) is 2.44. The number of anilines is 1. The van der Waals surface area contributed by atoms with Gasteiger partial charge in [0.1, 0.15) is 6.54 Å². The first-order valence-electron chi connectivity index (χ1n) is 8.44. The summed E-state index contributed by atoms with van der Waals surface area (Å²) in [6, 6.07) is 6.00. The predicted molar refractivity (Wildman–Crippen MR) is 93.3 cm³/mol. The van der Waals surface area contributed by atoms with E-state index in [2.05, 4.69) is 5.32 Å². The van der Waals surface area contributed by atoms with Crippen LogP contribution in [0.5, 0.6) is 0 Å². The normalized spacial score (nSPS) is 12.2. The fourth-order valence-electron chi connectivity index (χ4n) is 2.35. The molecule has 7 nitrogen and oxygen atoms in total. The third-order valence-electron chi connectivity index (χ3n) is 3.55. The Morgan fingerprint density at radius 3 is 2.30 bits per heavy atom. The third-order valence-corrected chi connectivity index (χ3v) is 3.55. The lowest BCUT2D eigenvalue weighted by atomic mass is 10.2. The van der Waals surface area contributed by atoms with Crippen LogP contribution in [0.3, 0.4) is 0 Å². The van der Waals surface area contributed by atoms with Gasteiger partial charge in [-0.05, 0) is 25.0 Å².